The molecule has 0 bridgehead atoms. The summed E-state index contributed by atoms with van der Waals surface area (Å²) in [5.41, 5.74) is -0.315. The quantitative estimate of drug-likeness (QED) is 0.375. The summed E-state index contributed by atoms with van der Waals surface area (Å²) < 4.78 is 10.4. The van der Waals surface area contributed by atoms with Crippen LogP contribution in [-0.4, -0.2) is 33.3 Å². The number of carbonyl (C=O) groups is 2. The van der Waals surface area contributed by atoms with Crippen molar-refractivity contribution in [2.24, 2.45) is 0 Å². The SMILES string of the molecule is CC(C)(C)OC(=O)Nc1cncc(C#Cc2cc([N+](=O)[O-])ccc2NC(=O)OC(C)(C)C)c1. The molecule has 0 aliphatic rings. The average Bonchev–Trinajstić information content (AvgIpc) is 2.64. The fourth-order valence-electron chi connectivity index (χ4n) is 2.41. The minimum absolute atomic E-state index is 0.187. The first kappa shape index (κ1) is 25.1. The number of amides is 2. The van der Waals surface area contributed by atoms with Crippen LogP contribution in [0.2, 0.25) is 0 Å². The van der Waals surface area contributed by atoms with Crippen LogP contribution in [0, 0.1) is 22.0 Å². The first-order valence-corrected chi connectivity index (χ1v) is 9.97. The van der Waals surface area contributed by atoms with E-state index in [4.69, 9.17) is 9.47 Å². The molecule has 0 aliphatic heterocycles. The lowest BCUT2D eigenvalue weighted by Crippen LogP contribution is -2.27. The summed E-state index contributed by atoms with van der Waals surface area (Å²) in [4.78, 5) is 38.7. The van der Waals surface area contributed by atoms with Gasteiger partial charge in [-0.25, -0.2) is 9.59 Å². The predicted octanol–water partition coefficient (Wildman–Crippen LogP) is 5.08. The van der Waals surface area contributed by atoms with Gasteiger partial charge in [0, 0.05) is 23.9 Å². The van der Waals surface area contributed by atoms with Gasteiger partial charge < -0.3 is 9.47 Å². The molecule has 1 aromatic heterocycles. The van der Waals surface area contributed by atoms with Gasteiger partial charge in [-0.1, -0.05) is 11.8 Å². The largest absolute Gasteiger partial charge is 0.444 e. The molecule has 0 spiro atoms. The Balaban J connectivity index is 2.30. The number of benzene rings is 1. The summed E-state index contributed by atoms with van der Waals surface area (Å²) in [7, 11) is 0. The van der Waals surface area contributed by atoms with E-state index in [1.807, 2.05) is 0 Å². The third kappa shape index (κ3) is 8.86. The molecule has 33 heavy (non-hydrogen) atoms. The first-order chi connectivity index (χ1) is 15.2. The number of nitrogens with one attached hydrogen (secondary N) is 2. The number of nitrogens with zero attached hydrogens (tertiary/aromatic N) is 2. The molecular weight excluding hydrogens is 428 g/mol. The maximum atomic E-state index is 12.1. The summed E-state index contributed by atoms with van der Waals surface area (Å²) in [6.45, 7) is 10.4. The lowest BCUT2D eigenvalue weighted by atomic mass is 10.1. The molecule has 2 N–H and O–H groups in total. The number of hydrogen-bond acceptors (Lipinski definition) is 7. The van der Waals surface area contributed by atoms with E-state index in [-0.39, 0.29) is 16.9 Å². The van der Waals surface area contributed by atoms with Crippen molar-refractivity contribution in [1.82, 2.24) is 4.98 Å². The van der Waals surface area contributed by atoms with Crippen molar-refractivity contribution in [2.75, 3.05) is 10.6 Å². The molecule has 2 amide bonds. The molecule has 0 aliphatic carbocycles. The van der Waals surface area contributed by atoms with Crippen LogP contribution in [0.4, 0.5) is 26.7 Å². The molecule has 0 radical (unpaired) electrons. The van der Waals surface area contributed by atoms with Crippen molar-refractivity contribution < 1.29 is 24.0 Å². The molecule has 0 saturated carbocycles. The van der Waals surface area contributed by atoms with E-state index < -0.39 is 28.3 Å². The summed E-state index contributed by atoms with van der Waals surface area (Å²) >= 11 is 0. The van der Waals surface area contributed by atoms with Gasteiger partial charge in [-0.3, -0.25) is 25.7 Å². The van der Waals surface area contributed by atoms with E-state index in [0.29, 0.717) is 11.3 Å². The Morgan fingerprint density at radius 1 is 0.939 bits per heavy atom. The third-order valence-corrected chi connectivity index (χ3v) is 3.57. The van der Waals surface area contributed by atoms with Crippen LogP contribution in [0.5, 0.6) is 0 Å². The smallest absolute Gasteiger partial charge is 0.412 e. The van der Waals surface area contributed by atoms with Gasteiger partial charge >= 0.3 is 12.2 Å². The number of hydrogen-bond donors (Lipinski definition) is 2. The van der Waals surface area contributed by atoms with E-state index in [9.17, 15) is 19.7 Å². The highest BCUT2D eigenvalue weighted by Crippen LogP contribution is 2.23. The Morgan fingerprint density at radius 2 is 1.55 bits per heavy atom. The molecule has 10 heteroatoms. The van der Waals surface area contributed by atoms with Crippen LogP contribution in [0.15, 0.2) is 36.7 Å². The molecule has 2 aromatic rings. The van der Waals surface area contributed by atoms with Crippen molar-refractivity contribution in [3.63, 3.8) is 0 Å². The normalized spacial score (nSPS) is 11.0. The molecule has 2 rings (SSSR count). The average molecular weight is 454 g/mol. The lowest BCUT2D eigenvalue weighted by Gasteiger charge is -2.20. The standard InChI is InChI=1S/C23H26N4O6/c1-22(2,3)32-20(28)25-17-11-15(13-24-14-17)7-8-16-12-18(27(30)31)9-10-19(16)26-21(29)33-23(4,5)6/h9-14H,1-6H3,(H,25,28)(H,26,29). The van der Waals surface area contributed by atoms with E-state index in [1.165, 1.54) is 30.6 Å². The number of nitro benzene ring substituents is 1. The van der Waals surface area contributed by atoms with Crippen molar-refractivity contribution in [3.05, 3.63) is 57.9 Å². The van der Waals surface area contributed by atoms with Crippen molar-refractivity contribution in [2.45, 2.75) is 52.7 Å². The monoisotopic (exact) mass is 454 g/mol. The molecule has 1 aromatic carbocycles. The molecular formula is C23H26N4O6. The molecule has 0 saturated heterocycles. The number of nitro groups is 1. The van der Waals surface area contributed by atoms with Crippen LogP contribution < -0.4 is 10.6 Å². The van der Waals surface area contributed by atoms with Crippen LogP contribution in [0.25, 0.3) is 0 Å². The highest BCUT2D eigenvalue weighted by Gasteiger charge is 2.18. The number of pyridine rings is 1. The number of ether oxygens (including phenoxy) is 2. The number of rotatable bonds is 3. The fraction of sp³-hybridized carbons (Fsp3) is 0.348. The number of aromatic nitrogens is 1. The molecule has 0 atom stereocenters. The zero-order valence-corrected chi connectivity index (χ0v) is 19.3. The van der Waals surface area contributed by atoms with Crippen LogP contribution in [0.1, 0.15) is 52.7 Å². The second-order valence-electron chi connectivity index (χ2n) is 8.95. The molecule has 0 fully saturated rings. The predicted molar refractivity (Wildman–Crippen MR) is 123 cm³/mol. The molecule has 1 heterocycles. The highest BCUT2D eigenvalue weighted by atomic mass is 16.6. The fourth-order valence-corrected chi connectivity index (χ4v) is 2.41. The number of non-ortho nitro benzene ring substituents is 1. The van der Waals surface area contributed by atoms with Gasteiger partial charge in [0.1, 0.15) is 11.2 Å². The van der Waals surface area contributed by atoms with Crippen LogP contribution >= 0.6 is 0 Å². The van der Waals surface area contributed by atoms with E-state index >= 15 is 0 Å². The second-order valence-corrected chi connectivity index (χ2v) is 8.95. The zero-order valence-electron chi connectivity index (χ0n) is 19.3. The lowest BCUT2D eigenvalue weighted by molar-refractivity contribution is -0.384. The minimum Gasteiger partial charge on any atom is -0.444 e. The first-order valence-electron chi connectivity index (χ1n) is 9.97. The van der Waals surface area contributed by atoms with Gasteiger partial charge in [-0.05, 0) is 53.7 Å². The summed E-state index contributed by atoms with van der Waals surface area (Å²) in [6, 6.07) is 5.45. The van der Waals surface area contributed by atoms with Crippen molar-refractivity contribution in [1.29, 1.82) is 0 Å². The maximum absolute atomic E-state index is 12.1. The molecule has 10 nitrogen and oxygen atoms in total. The van der Waals surface area contributed by atoms with Gasteiger partial charge in [0.2, 0.25) is 0 Å². The summed E-state index contributed by atoms with van der Waals surface area (Å²) in [5.74, 6) is 5.63. The molecule has 0 unspecified atom stereocenters. The van der Waals surface area contributed by atoms with Crippen LogP contribution in [0.3, 0.4) is 0 Å². The Morgan fingerprint density at radius 3 is 2.12 bits per heavy atom. The van der Waals surface area contributed by atoms with E-state index in [2.05, 4.69) is 27.5 Å². The molecule has 174 valence electrons. The summed E-state index contributed by atoms with van der Waals surface area (Å²) in [5, 5.41) is 16.3. The number of anilines is 2. The Hall–Kier alpha value is -4.13. The highest BCUT2D eigenvalue weighted by molar-refractivity contribution is 5.87. The van der Waals surface area contributed by atoms with Gasteiger partial charge in [-0.2, -0.15) is 0 Å². The Labute approximate surface area is 191 Å². The third-order valence-electron chi connectivity index (χ3n) is 3.57. The van der Waals surface area contributed by atoms with Gasteiger partial charge in [-0.15, -0.1) is 0 Å². The minimum atomic E-state index is -0.718. The van der Waals surface area contributed by atoms with Gasteiger partial charge in [0.05, 0.1) is 28.1 Å². The Bertz CT molecular complexity index is 1120. The maximum Gasteiger partial charge on any atom is 0.412 e. The van der Waals surface area contributed by atoms with Gasteiger partial charge in [0.15, 0.2) is 0 Å². The van der Waals surface area contributed by atoms with Gasteiger partial charge in [0.25, 0.3) is 5.69 Å². The number of carbonyl (C=O) groups excluding carboxylic acids is 2. The van der Waals surface area contributed by atoms with Crippen molar-refractivity contribution in [3.8, 4) is 11.8 Å². The second kappa shape index (κ2) is 9.99. The summed E-state index contributed by atoms with van der Waals surface area (Å²) in [6.07, 6.45) is 1.53. The van der Waals surface area contributed by atoms with E-state index in [0.717, 1.165) is 0 Å². The topological polar surface area (TPSA) is 133 Å². The van der Waals surface area contributed by atoms with Crippen LogP contribution in [-0.2, 0) is 9.47 Å². The van der Waals surface area contributed by atoms with E-state index in [1.54, 1.807) is 47.6 Å². The Kier molecular flexibility index (Phi) is 7.61. The zero-order chi connectivity index (χ0) is 24.8. The van der Waals surface area contributed by atoms with Crippen molar-refractivity contribution >= 4 is 29.2 Å².